The molecule has 1 aliphatic heterocycles. The second kappa shape index (κ2) is 4.97. The van der Waals surface area contributed by atoms with Crippen molar-refractivity contribution in [1.29, 1.82) is 0 Å². The van der Waals surface area contributed by atoms with E-state index < -0.39 is 0 Å². The minimum Gasteiger partial charge on any atom is -0.378 e. The highest BCUT2D eigenvalue weighted by Gasteiger charge is 2.18. The fraction of sp³-hybridized carbons (Fsp3) is 0.357. The van der Waals surface area contributed by atoms with Crippen LogP contribution in [0.3, 0.4) is 0 Å². The van der Waals surface area contributed by atoms with Crippen LogP contribution in [0.25, 0.3) is 6.08 Å². The molecule has 2 rings (SSSR count). The lowest BCUT2D eigenvalue weighted by atomic mass is 9.95. The zero-order valence-electron chi connectivity index (χ0n) is 9.57. The number of rotatable bonds is 4. The maximum atomic E-state index is 11.0. The highest BCUT2D eigenvalue weighted by atomic mass is 16.1. The van der Waals surface area contributed by atoms with Gasteiger partial charge in [0.25, 0.3) is 0 Å². The van der Waals surface area contributed by atoms with Crippen LogP contribution in [0.15, 0.2) is 29.8 Å². The third-order valence-electron chi connectivity index (χ3n) is 3.00. The van der Waals surface area contributed by atoms with Gasteiger partial charge in [-0.1, -0.05) is 38.0 Å². The molecule has 1 unspecified atom stereocenters. The Balaban J connectivity index is 2.24. The summed E-state index contributed by atoms with van der Waals surface area (Å²) in [4.78, 5) is 11.0. The number of para-hydroxylation sites is 1. The van der Waals surface area contributed by atoms with Crippen LogP contribution in [0.1, 0.15) is 31.7 Å². The van der Waals surface area contributed by atoms with E-state index in [1.807, 2.05) is 24.3 Å². The summed E-state index contributed by atoms with van der Waals surface area (Å²) < 4.78 is 0. The van der Waals surface area contributed by atoms with E-state index in [1.54, 1.807) is 0 Å². The Morgan fingerprint density at radius 1 is 1.38 bits per heavy atom. The number of benzene rings is 1. The van der Waals surface area contributed by atoms with Crippen molar-refractivity contribution in [3.05, 3.63) is 35.4 Å². The van der Waals surface area contributed by atoms with Crippen LogP contribution in [0.5, 0.6) is 0 Å². The monoisotopic (exact) mass is 215 g/mol. The van der Waals surface area contributed by atoms with Gasteiger partial charge in [0.05, 0.1) is 6.04 Å². The first-order valence-electron chi connectivity index (χ1n) is 5.87. The Labute approximate surface area is 96.4 Å². The molecule has 2 nitrogen and oxygen atoms in total. The fourth-order valence-corrected chi connectivity index (χ4v) is 2.07. The minimum atomic E-state index is 0.187. The van der Waals surface area contributed by atoms with Gasteiger partial charge in [-0.15, -0.1) is 0 Å². The van der Waals surface area contributed by atoms with Gasteiger partial charge in [0.15, 0.2) is 0 Å². The van der Waals surface area contributed by atoms with E-state index in [0.29, 0.717) is 0 Å². The van der Waals surface area contributed by atoms with Crippen molar-refractivity contribution in [2.45, 2.75) is 32.2 Å². The third kappa shape index (κ3) is 2.16. The average molecular weight is 215 g/mol. The van der Waals surface area contributed by atoms with E-state index in [2.05, 4.69) is 18.3 Å². The van der Waals surface area contributed by atoms with Gasteiger partial charge in [-0.25, -0.2) is 0 Å². The highest BCUT2D eigenvalue weighted by Crippen LogP contribution is 2.27. The quantitative estimate of drug-likeness (QED) is 0.781. The normalized spacial score (nSPS) is 18.3. The maximum absolute atomic E-state index is 11.0. The second-order valence-corrected chi connectivity index (χ2v) is 4.19. The first kappa shape index (κ1) is 10.9. The van der Waals surface area contributed by atoms with Gasteiger partial charge in [0.2, 0.25) is 0 Å². The molecule has 0 spiro atoms. The molecule has 0 aliphatic carbocycles. The number of hydrogen-bond donors (Lipinski definition) is 1. The zero-order valence-corrected chi connectivity index (χ0v) is 9.57. The van der Waals surface area contributed by atoms with Crippen molar-refractivity contribution in [2.24, 2.45) is 0 Å². The standard InChI is InChI=1S/C14H17NO/c1-2-3-7-14-12(10-16)9-11-6-4-5-8-13(11)15-14/h4-6,8-10,14-15H,2-3,7H2,1H3. The molecule has 0 fully saturated rings. The molecule has 1 heterocycles. The molecule has 1 atom stereocenters. The number of nitrogens with one attached hydrogen (secondary N) is 1. The Bertz CT molecular complexity index is 409. The topological polar surface area (TPSA) is 29.1 Å². The first-order valence-corrected chi connectivity index (χ1v) is 5.87. The lowest BCUT2D eigenvalue weighted by Gasteiger charge is -2.25. The van der Waals surface area contributed by atoms with Gasteiger partial charge in [-0.3, -0.25) is 4.79 Å². The minimum absolute atomic E-state index is 0.187. The molecule has 1 N–H and O–H groups in total. The molecule has 0 saturated carbocycles. The largest absolute Gasteiger partial charge is 0.378 e. The van der Waals surface area contributed by atoms with Gasteiger partial charge < -0.3 is 5.32 Å². The van der Waals surface area contributed by atoms with E-state index in [-0.39, 0.29) is 6.04 Å². The van der Waals surface area contributed by atoms with Crippen molar-refractivity contribution >= 4 is 18.0 Å². The molecule has 0 saturated heterocycles. The Morgan fingerprint density at radius 2 is 2.19 bits per heavy atom. The number of fused-ring (bicyclic) bond motifs is 1. The van der Waals surface area contributed by atoms with Crippen LogP contribution >= 0.6 is 0 Å². The maximum Gasteiger partial charge on any atom is 0.148 e. The highest BCUT2D eigenvalue weighted by molar-refractivity contribution is 5.89. The molecule has 84 valence electrons. The summed E-state index contributed by atoms with van der Waals surface area (Å²) in [7, 11) is 0. The smallest absolute Gasteiger partial charge is 0.148 e. The van der Waals surface area contributed by atoms with E-state index in [0.717, 1.165) is 42.4 Å². The number of anilines is 1. The average Bonchev–Trinajstić information content (AvgIpc) is 2.35. The van der Waals surface area contributed by atoms with E-state index >= 15 is 0 Å². The zero-order chi connectivity index (χ0) is 11.4. The van der Waals surface area contributed by atoms with Crippen molar-refractivity contribution in [2.75, 3.05) is 5.32 Å². The van der Waals surface area contributed by atoms with Crippen molar-refractivity contribution in [3.63, 3.8) is 0 Å². The molecule has 2 heteroatoms. The molecule has 0 bridgehead atoms. The predicted octanol–water partition coefficient (Wildman–Crippen LogP) is 3.25. The fourth-order valence-electron chi connectivity index (χ4n) is 2.07. The number of carbonyl (C=O) groups is 1. The summed E-state index contributed by atoms with van der Waals surface area (Å²) in [5.74, 6) is 0. The number of aldehydes is 1. The van der Waals surface area contributed by atoms with Crippen LogP contribution in [0.2, 0.25) is 0 Å². The van der Waals surface area contributed by atoms with Gasteiger partial charge in [-0.05, 0) is 24.1 Å². The van der Waals surface area contributed by atoms with Crippen LogP contribution in [0, 0.1) is 0 Å². The SMILES string of the molecule is CCCCC1Nc2ccccc2C=C1C=O. The summed E-state index contributed by atoms with van der Waals surface area (Å²) in [6.45, 7) is 2.17. The van der Waals surface area contributed by atoms with E-state index in [4.69, 9.17) is 0 Å². The van der Waals surface area contributed by atoms with Crippen molar-refractivity contribution < 1.29 is 4.79 Å². The first-order chi connectivity index (χ1) is 7.85. The summed E-state index contributed by atoms with van der Waals surface area (Å²) >= 11 is 0. The molecular formula is C14H17NO. The second-order valence-electron chi connectivity index (χ2n) is 4.19. The Morgan fingerprint density at radius 3 is 2.94 bits per heavy atom. The molecule has 1 aromatic carbocycles. The van der Waals surface area contributed by atoms with Gasteiger partial charge >= 0.3 is 0 Å². The van der Waals surface area contributed by atoms with Crippen LogP contribution in [-0.2, 0) is 4.79 Å². The number of carbonyl (C=O) groups excluding carboxylic acids is 1. The van der Waals surface area contributed by atoms with Crippen LogP contribution in [0.4, 0.5) is 5.69 Å². The van der Waals surface area contributed by atoms with Gasteiger partial charge in [0.1, 0.15) is 6.29 Å². The van der Waals surface area contributed by atoms with Crippen LogP contribution in [-0.4, -0.2) is 12.3 Å². The molecule has 0 radical (unpaired) electrons. The Kier molecular flexibility index (Phi) is 3.40. The van der Waals surface area contributed by atoms with Crippen molar-refractivity contribution in [1.82, 2.24) is 0 Å². The summed E-state index contributed by atoms with van der Waals surface area (Å²) in [6, 6.07) is 8.29. The third-order valence-corrected chi connectivity index (χ3v) is 3.00. The predicted molar refractivity (Wildman–Crippen MR) is 67.4 cm³/mol. The van der Waals surface area contributed by atoms with Gasteiger partial charge in [0, 0.05) is 11.3 Å². The van der Waals surface area contributed by atoms with Gasteiger partial charge in [-0.2, -0.15) is 0 Å². The lowest BCUT2D eigenvalue weighted by molar-refractivity contribution is -0.105. The number of hydrogen-bond acceptors (Lipinski definition) is 2. The molecule has 1 aliphatic rings. The molecule has 0 aromatic heterocycles. The van der Waals surface area contributed by atoms with E-state index in [1.165, 1.54) is 0 Å². The summed E-state index contributed by atoms with van der Waals surface area (Å²) in [5, 5.41) is 3.43. The lowest BCUT2D eigenvalue weighted by Crippen LogP contribution is -2.26. The van der Waals surface area contributed by atoms with E-state index in [9.17, 15) is 4.79 Å². The molecular weight excluding hydrogens is 198 g/mol. The van der Waals surface area contributed by atoms with Crippen LogP contribution < -0.4 is 5.32 Å². The summed E-state index contributed by atoms with van der Waals surface area (Å²) in [6.07, 6.45) is 6.30. The molecule has 0 amide bonds. The molecule has 16 heavy (non-hydrogen) atoms. The van der Waals surface area contributed by atoms with Crippen molar-refractivity contribution in [3.8, 4) is 0 Å². The number of unbranched alkanes of at least 4 members (excludes halogenated alkanes) is 1. The molecule has 1 aromatic rings. The Hall–Kier alpha value is -1.57. The summed E-state index contributed by atoms with van der Waals surface area (Å²) in [5.41, 5.74) is 3.11.